The molecular formula is C21H20FN3O3. The Balaban J connectivity index is 1.70. The zero-order valence-electron chi connectivity index (χ0n) is 15.6. The molecule has 4 rings (SSSR count). The maximum atomic E-state index is 14.1. The van der Waals surface area contributed by atoms with E-state index in [1.54, 1.807) is 12.1 Å². The van der Waals surface area contributed by atoms with Crippen LogP contribution in [0.25, 0.3) is 22.5 Å². The van der Waals surface area contributed by atoms with Gasteiger partial charge in [0.2, 0.25) is 0 Å². The monoisotopic (exact) mass is 381 g/mol. The van der Waals surface area contributed by atoms with Crippen molar-refractivity contribution in [1.29, 1.82) is 0 Å². The van der Waals surface area contributed by atoms with E-state index in [0.29, 0.717) is 30.8 Å². The topological polar surface area (TPSA) is 67.1 Å². The van der Waals surface area contributed by atoms with Crippen molar-refractivity contribution in [2.24, 2.45) is 0 Å². The van der Waals surface area contributed by atoms with E-state index in [-0.39, 0.29) is 5.75 Å². The molecule has 0 aliphatic carbocycles. The van der Waals surface area contributed by atoms with E-state index in [2.05, 4.69) is 11.1 Å². The summed E-state index contributed by atoms with van der Waals surface area (Å²) in [5, 5.41) is 9.09. The number of ether oxygens (including phenoxy) is 1. The van der Waals surface area contributed by atoms with E-state index < -0.39 is 11.9 Å². The first-order chi connectivity index (χ1) is 13.5. The van der Waals surface area contributed by atoms with Gasteiger partial charge >= 0.3 is 6.09 Å². The average molecular weight is 381 g/mol. The van der Waals surface area contributed by atoms with E-state index in [0.717, 1.165) is 22.3 Å². The van der Waals surface area contributed by atoms with Gasteiger partial charge in [-0.15, -0.1) is 0 Å². The van der Waals surface area contributed by atoms with Crippen LogP contribution in [0.3, 0.4) is 0 Å². The summed E-state index contributed by atoms with van der Waals surface area (Å²) in [6, 6.07) is 6.85. The Morgan fingerprint density at radius 2 is 2.07 bits per heavy atom. The molecule has 1 N–H and O–H groups in total. The summed E-state index contributed by atoms with van der Waals surface area (Å²) in [6.45, 7) is 2.86. The zero-order chi connectivity index (χ0) is 19.8. The number of aryl methyl sites for hydroxylation is 1. The second-order valence-corrected chi connectivity index (χ2v) is 6.83. The van der Waals surface area contributed by atoms with Crippen molar-refractivity contribution in [1.82, 2.24) is 14.3 Å². The van der Waals surface area contributed by atoms with Crippen LogP contribution in [-0.2, 0) is 0 Å². The third kappa shape index (κ3) is 3.19. The van der Waals surface area contributed by atoms with Crippen LogP contribution in [0.1, 0.15) is 17.5 Å². The molecule has 1 amide bonds. The highest BCUT2D eigenvalue weighted by Crippen LogP contribution is 2.28. The van der Waals surface area contributed by atoms with Crippen molar-refractivity contribution in [3.05, 3.63) is 59.7 Å². The molecule has 6 nitrogen and oxygen atoms in total. The predicted molar refractivity (Wildman–Crippen MR) is 104 cm³/mol. The Hall–Kier alpha value is -3.35. The highest BCUT2D eigenvalue weighted by atomic mass is 19.1. The maximum absolute atomic E-state index is 14.1. The largest absolute Gasteiger partial charge is 0.494 e. The van der Waals surface area contributed by atoms with Crippen LogP contribution in [0, 0.1) is 12.7 Å². The Morgan fingerprint density at radius 3 is 2.71 bits per heavy atom. The van der Waals surface area contributed by atoms with Crippen LogP contribution < -0.4 is 4.74 Å². The van der Waals surface area contributed by atoms with Crippen LogP contribution in [0.5, 0.6) is 5.75 Å². The van der Waals surface area contributed by atoms with E-state index in [1.807, 2.05) is 29.8 Å². The van der Waals surface area contributed by atoms with Crippen molar-refractivity contribution >= 4 is 17.3 Å². The summed E-state index contributed by atoms with van der Waals surface area (Å²) in [4.78, 5) is 17.1. The average Bonchev–Trinajstić information content (AvgIpc) is 3.13. The predicted octanol–water partition coefficient (Wildman–Crippen LogP) is 4.22. The number of carboxylic acid groups (broad SMARTS) is 1. The molecule has 0 atom stereocenters. The van der Waals surface area contributed by atoms with Crippen LogP contribution in [0.15, 0.2) is 42.7 Å². The number of methoxy groups -OCH3 is 1. The quantitative estimate of drug-likeness (QED) is 0.737. The Labute approximate surface area is 161 Å². The minimum Gasteiger partial charge on any atom is -0.494 e. The molecule has 2 aromatic heterocycles. The van der Waals surface area contributed by atoms with E-state index in [1.165, 1.54) is 18.1 Å². The highest BCUT2D eigenvalue weighted by Gasteiger charge is 2.18. The number of rotatable bonds is 3. The fraction of sp³-hybridized carbons (Fsp3) is 0.238. The lowest BCUT2D eigenvalue weighted by molar-refractivity contribution is 0.150. The van der Waals surface area contributed by atoms with Crippen molar-refractivity contribution < 1.29 is 19.0 Å². The Kier molecular flexibility index (Phi) is 4.50. The van der Waals surface area contributed by atoms with Gasteiger partial charge in [0.15, 0.2) is 11.6 Å². The third-order valence-electron chi connectivity index (χ3n) is 5.03. The standard InChI is InChI=1S/C21H20FN3O3/c1-13-9-16(14-5-7-24(8-6-14)21(26)27)11-25-12-18(23-20(13)25)15-3-4-19(28-2)17(22)10-15/h3-5,9-12H,6-8H2,1-2H3,(H,26,27). The summed E-state index contributed by atoms with van der Waals surface area (Å²) in [7, 11) is 1.43. The van der Waals surface area contributed by atoms with Crippen molar-refractivity contribution in [3.63, 3.8) is 0 Å². The number of benzene rings is 1. The molecule has 3 aromatic rings. The lowest BCUT2D eigenvalue weighted by Gasteiger charge is -2.24. The number of nitrogens with zero attached hydrogens (tertiary/aromatic N) is 3. The summed E-state index contributed by atoms with van der Waals surface area (Å²) < 4.78 is 21.0. The lowest BCUT2D eigenvalue weighted by Crippen LogP contribution is -2.33. The summed E-state index contributed by atoms with van der Waals surface area (Å²) in [5.74, 6) is -0.226. The minimum absolute atomic E-state index is 0.200. The van der Waals surface area contributed by atoms with Gasteiger partial charge in [-0.1, -0.05) is 6.08 Å². The maximum Gasteiger partial charge on any atom is 0.407 e. The number of imidazole rings is 1. The third-order valence-corrected chi connectivity index (χ3v) is 5.03. The molecule has 1 aromatic carbocycles. The normalized spacial score (nSPS) is 14.2. The van der Waals surface area contributed by atoms with Gasteiger partial charge in [-0.2, -0.15) is 0 Å². The molecule has 144 valence electrons. The first-order valence-corrected chi connectivity index (χ1v) is 8.97. The van der Waals surface area contributed by atoms with E-state index in [9.17, 15) is 9.18 Å². The van der Waals surface area contributed by atoms with Gasteiger partial charge in [-0.3, -0.25) is 0 Å². The number of aromatic nitrogens is 2. The molecule has 3 heterocycles. The number of pyridine rings is 1. The minimum atomic E-state index is -0.895. The SMILES string of the molecule is COc1ccc(-c2cn3cc(C4=CCN(C(=O)O)CC4)cc(C)c3n2)cc1F. The molecule has 7 heteroatoms. The van der Waals surface area contributed by atoms with Crippen LogP contribution in [0.4, 0.5) is 9.18 Å². The first-order valence-electron chi connectivity index (χ1n) is 8.97. The number of amides is 1. The molecular weight excluding hydrogens is 361 g/mol. The van der Waals surface area contributed by atoms with Gasteiger partial charge in [-0.25, -0.2) is 14.2 Å². The van der Waals surface area contributed by atoms with Gasteiger partial charge in [0.1, 0.15) is 5.65 Å². The number of halogens is 1. The second-order valence-electron chi connectivity index (χ2n) is 6.83. The summed E-state index contributed by atoms with van der Waals surface area (Å²) in [6.07, 6.45) is 5.59. The molecule has 0 fully saturated rings. The number of hydrogen-bond donors (Lipinski definition) is 1. The van der Waals surface area contributed by atoms with Crippen molar-refractivity contribution in [3.8, 4) is 17.0 Å². The van der Waals surface area contributed by atoms with Gasteiger partial charge in [0.05, 0.1) is 12.8 Å². The molecule has 0 saturated heterocycles. The van der Waals surface area contributed by atoms with Crippen LogP contribution in [-0.4, -0.2) is 45.7 Å². The van der Waals surface area contributed by atoms with Gasteiger partial charge in [0.25, 0.3) is 0 Å². The Bertz CT molecular complexity index is 1100. The van der Waals surface area contributed by atoms with Crippen molar-refractivity contribution in [2.75, 3.05) is 20.2 Å². The molecule has 0 bridgehead atoms. The van der Waals surface area contributed by atoms with Crippen LogP contribution in [0.2, 0.25) is 0 Å². The highest BCUT2D eigenvalue weighted by molar-refractivity contribution is 5.73. The van der Waals surface area contributed by atoms with E-state index >= 15 is 0 Å². The molecule has 0 radical (unpaired) electrons. The van der Waals surface area contributed by atoms with E-state index in [4.69, 9.17) is 9.84 Å². The second kappa shape index (κ2) is 6.99. The molecule has 1 aliphatic heterocycles. The molecule has 1 aliphatic rings. The number of fused-ring (bicyclic) bond motifs is 1. The van der Waals surface area contributed by atoms with Gasteiger partial charge < -0.3 is 19.1 Å². The van der Waals surface area contributed by atoms with Gasteiger partial charge in [-0.05, 0) is 54.3 Å². The lowest BCUT2D eigenvalue weighted by atomic mass is 10.00. The molecule has 0 saturated carbocycles. The Morgan fingerprint density at radius 1 is 1.25 bits per heavy atom. The first kappa shape index (κ1) is 18.0. The zero-order valence-corrected chi connectivity index (χ0v) is 15.6. The number of hydrogen-bond acceptors (Lipinski definition) is 3. The van der Waals surface area contributed by atoms with Crippen molar-refractivity contribution in [2.45, 2.75) is 13.3 Å². The molecule has 0 spiro atoms. The molecule has 28 heavy (non-hydrogen) atoms. The summed E-state index contributed by atoms with van der Waals surface area (Å²) >= 11 is 0. The molecule has 0 unspecified atom stereocenters. The number of carbonyl (C=O) groups is 1. The fourth-order valence-corrected chi connectivity index (χ4v) is 3.51. The fourth-order valence-electron chi connectivity index (χ4n) is 3.51. The van der Waals surface area contributed by atoms with Crippen LogP contribution >= 0.6 is 0 Å². The van der Waals surface area contributed by atoms with Gasteiger partial charge in [0, 0.05) is 31.0 Å². The summed E-state index contributed by atoms with van der Waals surface area (Å²) in [5.41, 5.74) is 5.32. The smallest absolute Gasteiger partial charge is 0.407 e.